The van der Waals surface area contributed by atoms with Crippen LogP contribution in [0.15, 0.2) is 16.7 Å². The van der Waals surface area contributed by atoms with E-state index < -0.39 is 11.9 Å². The maximum Gasteiger partial charge on any atom is 0.308 e. The highest BCUT2D eigenvalue weighted by atomic mass is 16.4. The molecule has 2 rings (SSSR count). The summed E-state index contributed by atoms with van der Waals surface area (Å²) in [6.07, 6.45) is 3.32. The number of amides is 2. The molecule has 126 valence electrons. The van der Waals surface area contributed by atoms with Gasteiger partial charge in [-0.05, 0) is 18.9 Å². The van der Waals surface area contributed by atoms with Crippen LogP contribution < -0.4 is 0 Å². The third-order valence-electron chi connectivity index (χ3n) is 4.14. The zero-order chi connectivity index (χ0) is 17.0. The third kappa shape index (κ3) is 3.91. The molecule has 1 aliphatic rings. The van der Waals surface area contributed by atoms with E-state index in [0.29, 0.717) is 37.1 Å². The maximum atomic E-state index is 12.4. The quantitative estimate of drug-likeness (QED) is 0.880. The highest BCUT2D eigenvalue weighted by Crippen LogP contribution is 2.17. The maximum absolute atomic E-state index is 12.4. The van der Waals surface area contributed by atoms with Crippen molar-refractivity contribution in [1.29, 1.82) is 0 Å². The van der Waals surface area contributed by atoms with Gasteiger partial charge in [-0.15, -0.1) is 0 Å². The standard InChI is InChI=1S/C16H22N2O5/c1-3-13-12(6-8-23-13)15(20)17(2)10-14(19)18-7-4-5-11(9-18)16(21)22/h6,8,11H,3-5,7,9-10H2,1-2H3,(H,21,22)/t11-/m0/s1. The first-order valence-corrected chi connectivity index (χ1v) is 7.76. The summed E-state index contributed by atoms with van der Waals surface area (Å²) in [6.45, 7) is 2.57. The van der Waals surface area contributed by atoms with Gasteiger partial charge < -0.3 is 19.3 Å². The fourth-order valence-corrected chi connectivity index (χ4v) is 2.79. The highest BCUT2D eigenvalue weighted by molar-refractivity contribution is 5.97. The summed E-state index contributed by atoms with van der Waals surface area (Å²) >= 11 is 0. The van der Waals surface area contributed by atoms with Gasteiger partial charge in [0.1, 0.15) is 5.76 Å². The number of aliphatic carboxylic acids is 1. The van der Waals surface area contributed by atoms with Gasteiger partial charge in [-0.2, -0.15) is 0 Å². The molecular weight excluding hydrogens is 300 g/mol. The molecule has 0 radical (unpaired) electrons. The van der Waals surface area contributed by atoms with Crippen molar-refractivity contribution >= 4 is 17.8 Å². The fraction of sp³-hybridized carbons (Fsp3) is 0.562. The molecule has 1 fully saturated rings. The molecule has 0 saturated carbocycles. The molecule has 1 aromatic rings. The van der Waals surface area contributed by atoms with Crippen LogP contribution in [-0.4, -0.2) is 59.4 Å². The number of carboxylic acid groups (broad SMARTS) is 1. The van der Waals surface area contributed by atoms with Crippen LogP contribution in [0.1, 0.15) is 35.9 Å². The van der Waals surface area contributed by atoms with Crippen LogP contribution in [0.2, 0.25) is 0 Å². The summed E-state index contributed by atoms with van der Waals surface area (Å²) in [6, 6.07) is 1.60. The second-order valence-corrected chi connectivity index (χ2v) is 5.79. The largest absolute Gasteiger partial charge is 0.481 e. The molecule has 23 heavy (non-hydrogen) atoms. The summed E-state index contributed by atoms with van der Waals surface area (Å²) in [5, 5.41) is 9.08. The van der Waals surface area contributed by atoms with Gasteiger partial charge in [-0.1, -0.05) is 6.92 Å². The van der Waals surface area contributed by atoms with E-state index in [0.717, 1.165) is 0 Å². The topological polar surface area (TPSA) is 91.1 Å². The van der Waals surface area contributed by atoms with Gasteiger partial charge in [-0.25, -0.2) is 0 Å². The van der Waals surface area contributed by atoms with Gasteiger partial charge >= 0.3 is 5.97 Å². The van der Waals surface area contributed by atoms with Crippen LogP contribution in [0, 0.1) is 5.92 Å². The van der Waals surface area contributed by atoms with Gasteiger partial charge in [0.05, 0.1) is 24.3 Å². The van der Waals surface area contributed by atoms with Crippen molar-refractivity contribution in [2.45, 2.75) is 26.2 Å². The first kappa shape index (κ1) is 17.1. The van der Waals surface area contributed by atoms with Crippen LogP contribution in [0.3, 0.4) is 0 Å². The molecule has 2 heterocycles. The second-order valence-electron chi connectivity index (χ2n) is 5.79. The number of piperidine rings is 1. The molecule has 0 aromatic carbocycles. The number of aryl methyl sites for hydroxylation is 1. The Balaban J connectivity index is 1.96. The molecule has 7 heteroatoms. The number of likely N-dealkylation sites (N-methyl/N-ethyl adjacent to an activating group) is 1. The Morgan fingerprint density at radius 1 is 1.43 bits per heavy atom. The smallest absolute Gasteiger partial charge is 0.308 e. The van der Waals surface area contributed by atoms with Crippen LogP contribution in [-0.2, 0) is 16.0 Å². The fourth-order valence-electron chi connectivity index (χ4n) is 2.79. The summed E-state index contributed by atoms with van der Waals surface area (Å²) in [5.74, 6) is -1.30. The molecule has 2 amide bonds. The molecule has 0 spiro atoms. The van der Waals surface area contributed by atoms with Gasteiger partial charge in [0, 0.05) is 26.6 Å². The monoisotopic (exact) mass is 322 g/mol. The Labute approximate surface area is 134 Å². The van der Waals surface area contributed by atoms with Crippen molar-refractivity contribution in [2.75, 3.05) is 26.7 Å². The van der Waals surface area contributed by atoms with E-state index in [1.807, 2.05) is 6.92 Å². The summed E-state index contributed by atoms with van der Waals surface area (Å²) in [7, 11) is 1.56. The van der Waals surface area contributed by atoms with Crippen LogP contribution in [0.4, 0.5) is 0 Å². The zero-order valence-corrected chi connectivity index (χ0v) is 13.4. The summed E-state index contributed by atoms with van der Waals surface area (Å²) in [4.78, 5) is 38.6. The van der Waals surface area contributed by atoms with Gasteiger partial charge in [-0.3, -0.25) is 14.4 Å². The lowest BCUT2D eigenvalue weighted by atomic mass is 9.98. The number of carbonyl (C=O) groups is 3. The number of hydrogen-bond donors (Lipinski definition) is 1. The lowest BCUT2D eigenvalue weighted by molar-refractivity contribution is -0.145. The normalized spacial score (nSPS) is 17.8. The van der Waals surface area contributed by atoms with Crippen LogP contribution in [0.5, 0.6) is 0 Å². The lowest BCUT2D eigenvalue weighted by Crippen LogP contribution is -2.46. The molecule has 1 aromatic heterocycles. The van der Waals surface area contributed by atoms with Gasteiger partial charge in [0.25, 0.3) is 5.91 Å². The highest BCUT2D eigenvalue weighted by Gasteiger charge is 2.29. The predicted molar refractivity (Wildman–Crippen MR) is 82.0 cm³/mol. The molecule has 1 atom stereocenters. The molecule has 0 bridgehead atoms. The zero-order valence-electron chi connectivity index (χ0n) is 13.4. The van der Waals surface area contributed by atoms with E-state index >= 15 is 0 Å². The number of furan rings is 1. The van der Waals surface area contributed by atoms with Crippen molar-refractivity contribution < 1.29 is 23.9 Å². The van der Waals surface area contributed by atoms with Crippen LogP contribution in [0.25, 0.3) is 0 Å². The van der Waals surface area contributed by atoms with Crippen molar-refractivity contribution in [3.8, 4) is 0 Å². The molecule has 1 aliphatic heterocycles. The SMILES string of the molecule is CCc1occc1C(=O)N(C)CC(=O)N1CCC[C@H](C(=O)O)C1. The Bertz CT molecular complexity index is 595. The first-order chi connectivity index (χ1) is 10.9. The van der Waals surface area contributed by atoms with Crippen LogP contribution >= 0.6 is 0 Å². The lowest BCUT2D eigenvalue weighted by Gasteiger charge is -2.32. The molecule has 0 aliphatic carbocycles. The van der Waals surface area contributed by atoms with E-state index in [-0.39, 0.29) is 24.9 Å². The molecule has 0 unspecified atom stereocenters. The van der Waals surface area contributed by atoms with E-state index in [4.69, 9.17) is 9.52 Å². The summed E-state index contributed by atoms with van der Waals surface area (Å²) in [5.41, 5.74) is 0.463. The average molecular weight is 322 g/mol. The van der Waals surface area contributed by atoms with E-state index in [9.17, 15) is 14.4 Å². The molecular formula is C16H22N2O5. The number of nitrogens with zero attached hydrogens (tertiary/aromatic N) is 2. The minimum absolute atomic E-state index is 0.0699. The first-order valence-electron chi connectivity index (χ1n) is 7.76. The predicted octanol–water partition coefficient (Wildman–Crippen LogP) is 1.24. The number of hydrogen-bond acceptors (Lipinski definition) is 4. The number of likely N-dealkylation sites (tertiary alicyclic amines) is 1. The Morgan fingerprint density at radius 3 is 2.83 bits per heavy atom. The van der Waals surface area contributed by atoms with Crippen molar-refractivity contribution in [2.24, 2.45) is 5.92 Å². The minimum atomic E-state index is -0.877. The second kappa shape index (κ2) is 7.30. The van der Waals surface area contributed by atoms with Crippen molar-refractivity contribution in [1.82, 2.24) is 9.80 Å². The number of carboxylic acids is 1. The molecule has 1 saturated heterocycles. The summed E-state index contributed by atoms with van der Waals surface area (Å²) < 4.78 is 5.24. The van der Waals surface area contributed by atoms with Crippen molar-refractivity contribution in [3.63, 3.8) is 0 Å². The third-order valence-corrected chi connectivity index (χ3v) is 4.14. The molecule has 1 N–H and O–H groups in total. The van der Waals surface area contributed by atoms with Crippen molar-refractivity contribution in [3.05, 3.63) is 23.7 Å². The average Bonchev–Trinajstić information content (AvgIpc) is 3.02. The van der Waals surface area contributed by atoms with Gasteiger partial charge in [0.15, 0.2) is 0 Å². The number of carbonyl (C=O) groups excluding carboxylic acids is 2. The van der Waals surface area contributed by atoms with E-state index in [1.165, 1.54) is 16.1 Å². The Morgan fingerprint density at radius 2 is 2.17 bits per heavy atom. The molecule has 7 nitrogen and oxygen atoms in total. The minimum Gasteiger partial charge on any atom is -0.481 e. The Hall–Kier alpha value is -2.31. The van der Waals surface area contributed by atoms with E-state index in [2.05, 4.69) is 0 Å². The van der Waals surface area contributed by atoms with Gasteiger partial charge in [0.2, 0.25) is 5.91 Å². The Kier molecular flexibility index (Phi) is 5.41. The number of rotatable bonds is 5. The van der Waals surface area contributed by atoms with E-state index in [1.54, 1.807) is 13.1 Å².